The quantitative estimate of drug-likeness (QED) is 0.427. The van der Waals surface area contributed by atoms with Crippen LogP contribution in [-0.2, 0) is 9.59 Å². The van der Waals surface area contributed by atoms with Crippen molar-refractivity contribution in [2.75, 3.05) is 13.2 Å². The van der Waals surface area contributed by atoms with E-state index in [2.05, 4.69) is 10.6 Å². The van der Waals surface area contributed by atoms with Crippen molar-refractivity contribution < 1.29 is 33.0 Å². The predicted molar refractivity (Wildman–Crippen MR) is 131 cm³/mol. The molecule has 3 N–H and O–H groups in total. The van der Waals surface area contributed by atoms with Crippen LogP contribution in [0.1, 0.15) is 39.0 Å². The van der Waals surface area contributed by atoms with Gasteiger partial charge in [-0.15, -0.1) is 0 Å². The second kappa shape index (κ2) is 12.1. The summed E-state index contributed by atoms with van der Waals surface area (Å²) < 4.78 is 36.4. The zero-order valence-corrected chi connectivity index (χ0v) is 21.2. The van der Waals surface area contributed by atoms with Gasteiger partial charge in [0.15, 0.2) is 6.61 Å². The van der Waals surface area contributed by atoms with Gasteiger partial charge < -0.3 is 25.2 Å². The Hall–Kier alpha value is -2.62. The van der Waals surface area contributed by atoms with Crippen LogP contribution >= 0.6 is 23.2 Å². The van der Waals surface area contributed by atoms with Gasteiger partial charge >= 0.3 is 0 Å². The minimum absolute atomic E-state index is 0.0125. The van der Waals surface area contributed by atoms with Gasteiger partial charge in [-0.05, 0) is 63.3 Å². The van der Waals surface area contributed by atoms with Crippen molar-refractivity contribution >= 4 is 35.5 Å². The molecule has 3 aliphatic carbocycles. The van der Waals surface area contributed by atoms with E-state index in [0.717, 1.165) is 6.07 Å². The summed E-state index contributed by atoms with van der Waals surface area (Å²) in [6.07, 6.45) is 2.87. The van der Waals surface area contributed by atoms with E-state index in [4.69, 9.17) is 32.7 Å². The standard InChI is InChI=1S/C17H20ClFN2O4.C8H8ClFO/c18-12-2-1-11(7-13(12)19)25-9-15(24)21-16-3-5-17(6-4-16,20-10-22)14(23)8-16;1-2-11-6-3-4-7(9)8(10)5-6/h1-2,7,10,14,23H,3-6,8-9H2,(H,20,22)(H,21,24);3-5H,2H2,1H3. The van der Waals surface area contributed by atoms with Gasteiger partial charge in [0.25, 0.3) is 5.91 Å². The summed E-state index contributed by atoms with van der Waals surface area (Å²) in [6, 6.07) is 8.35. The topological polar surface area (TPSA) is 96.9 Å². The van der Waals surface area contributed by atoms with Gasteiger partial charge in [0.1, 0.15) is 23.1 Å². The van der Waals surface area contributed by atoms with Crippen LogP contribution in [0.25, 0.3) is 0 Å². The number of hydrogen-bond acceptors (Lipinski definition) is 5. The SMILES string of the molecule is CCOc1ccc(Cl)c(F)c1.O=CNC12CCC(NC(=O)COc3ccc(Cl)c(F)c3)(CC1)CC2O. The maximum absolute atomic E-state index is 13.4. The molecule has 0 heterocycles. The van der Waals surface area contributed by atoms with Crippen LogP contribution in [0.2, 0.25) is 10.0 Å². The molecule has 0 aromatic heterocycles. The summed E-state index contributed by atoms with van der Waals surface area (Å²) in [5, 5.41) is 16.2. The molecule has 0 saturated heterocycles. The van der Waals surface area contributed by atoms with Crippen LogP contribution in [-0.4, -0.2) is 47.8 Å². The first-order chi connectivity index (χ1) is 17.1. The molecule has 11 heteroatoms. The van der Waals surface area contributed by atoms with Crippen LogP contribution in [0, 0.1) is 11.6 Å². The minimum Gasteiger partial charge on any atom is -0.494 e. The van der Waals surface area contributed by atoms with Crippen molar-refractivity contribution in [3.8, 4) is 11.5 Å². The van der Waals surface area contributed by atoms with Crippen LogP contribution in [0.5, 0.6) is 11.5 Å². The largest absolute Gasteiger partial charge is 0.494 e. The van der Waals surface area contributed by atoms with Crippen molar-refractivity contribution in [1.29, 1.82) is 0 Å². The molecule has 1 unspecified atom stereocenters. The van der Waals surface area contributed by atoms with E-state index in [-0.39, 0.29) is 28.3 Å². The third-order valence-corrected chi connectivity index (χ3v) is 7.15. The maximum atomic E-state index is 13.4. The Morgan fingerprint density at radius 2 is 1.61 bits per heavy atom. The minimum atomic E-state index is -0.702. The molecule has 196 valence electrons. The molecule has 7 nitrogen and oxygen atoms in total. The molecule has 0 radical (unpaired) electrons. The van der Waals surface area contributed by atoms with Crippen molar-refractivity contribution in [1.82, 2.24) is 10.6 Å². The molecule has 3 aliphatic rings. The van der Waals surface area contributed by atoms with Crippen molar-refractivity contribution in [3.05, 3.63) is 58.1 Å². The fourth-order valence-electron chi connectivity index (χ4n) is 4.59. The Bertz CT molecular complexity index is 1080. The van der Waals surface area contributed by atoms with E-state index in [9.17, 15) is 23.5 Å². The number of rotatable bonds is 8. The normalized spacial score (nSPS) is 24.2. The number of carbonyl (C=O) groups is 2. The van der Waals surface area contributed by atoms with E-state index < -0.39 is 28.8 Å². The number of nitrogens with one attached hydrogen (secondary N) is 2. The number of halogens is 4. The van der Waals surface area contributed by atoms with E-state index in [0.29, 0.717) is 50.9 Å². The molecule has 2 aromatic rings. The van der Waals surface area contributed by atoms with E-state index >= 15 is 0 Å². The van der Waals surface area contributed by atoms with Crippen molar-refractivity contribution in [3.63, 3.8) is 0 Å². The molecule has 36 heavy (non-hydrogen) atoms. The zero-order valence-electron chi connectivity index (χ0n) is 19.7. The lowest BCUT2D eigenvalue weighted by molar-refractivity contribution is -0.132. The Kier molecular flexibility index (Phi) is 9.38. The fourth-order valence-corrected chi connectivity index (χ4v) is 4.83. The third-order valence-electron chi connectivity index (χ3n) is 6.54. The number of amides is 2. The average molecular weight is 545 g/mol. The van der Waals surface area contributed by atoms with Gasteiger partial charge in [-0.2, -0.15) is 0 Å². The molecule has 2 aromatic carbocycles. The van der Waals surface area contributed by atoms with Crippen LogP contribution in [0.15, 0.2) is 36.4 Å². The Balaban J connectivity index is 0.000000275. The molecular formula is C25H28Cl2F2N2O5. The highest BCUT2D eigenvalue weighted by Gasteiger charge is 2.54. The second-order valence-electron chi connectivity index (χ2n) is 8.84. The van der Waals surface area contributed by atoms with Crippen molar-refractivity contribution in [2.24, 2.45) is 0 Å². The smallest absolute Gasteiger partial charge is 0.258 e. The summed E-state index contributed by atoms with van der Waals surface area (Å²) in [4.78, 5) is 23.0. The van der Waals surface area contributed by atoms with Gasteiger partial charge in [-0.25, -0.2) is 8.78 Å². The molecular weight excluding hydrogens is 517 g/mol. The first kappa shape index (κ1) is 28.0. The number of hydrogen-bond donors (Lipinski definition) is 3. The summed E-state index contributed by atoms with van der Waals surface area (Å²) in [7, 11) is 0. The van der Waals surface area contributed by atoms with Crippen LogP contribution < -0.4 is 20.1 Å². The van der Waals surface area contributed by atoms with Gasteiger partial charge in [0.05, 0.1) is 28.3 Å². The highest BCUT2D eigenvalue weighted by atomic mass is 35.5. The van der Waals surface area contributed by atoms with Crippen molar-refractivity contribution in [2.45, 2.75) is 56.2 Å². The summed E-state index contributed by atoms with van der Waals surface area (Å²) >= 11 is 11.1. The van der Waals surface area contributed by atoms with E-state index in [1.807, 2.05) is 6.92 Å². The molecule has 0 spiro atoms. The number of benzene rings is 2. The van der Waals surface area contributed by atoms with Gasteiger partial charge in [-0.1, -0.05) is 23.2 Å². The molecule has 1 atom stereocenters. The summed E-state index contributed by atoms with van der Waals surface area (Å²) in [5.41, 5.74) is -1.07. The molecule has 2 bridgehead atoms. The van der Waals surface area contributed by atoms with Crippen LogP contribution in [0.3, 0.4) is 0 Å². The molecule has 2 amide bonds. The van der Waals surface area contributed by atoms with Crippen LogP contribution in [0.4, 0.5) is 8.78 Å². The molecule has 3 saturated carbocycles. The van der Waals surface area contributed by atoms with Gasteiger partial charge in [0.2, 0.25) is 6.41 Å². The first-order valence-corrected chi connectivity index (χ1v) is 12.2. The molecule has 0 aliphatic heterocycles. The third kappa shape index (κ3) is 6.78. The fraction of sp³-hybridized carbons (Fsp3) is 0.440. The first-order valence-electron chi connectivity index (χ1n) is 11.5. The summed E-state index contributed by atoms with van der Waals surface area (Å²) in [5.74, 6) is -0.664. The lowest BCUT2D eigenvalue weighted by Crippen LogP contribution is -2.69. The lowest BCUT2D eigenvalue weighted by Gasteiger charge is -2.55. The predicted octanol–water partition coefficient (Wildman–Crippen LogP) is 4.41. The van der Waals surface area contributed by atoms with E-state index in [1.54, 1.807) is 6.07 Å². The lowest BCUT2D eigenvalue weighted by atomic mass is 9.60. The second-order valence-corrected chi connectivity index (χ2v) is 9.65. The molecule has 3 fully saturated rings. The monoisotopic (exact) mass is 544 g/mol. The van der Waals surface area contributed by atoms with Gasteiger partial charge in [0, 0.05) is 17.7 Å². The Labute approximate surface area is 218 Å². The molecule has 5 rings (SSSR count). The number of ether oxygens (including phenoxy) is 2. The number of aliphatic hydroxyl groups excluding tert-OH is 1. The maximum Gasteiger partial charge on any atom is 0.258 e. The number of aliphatic hydroxyl groups is 1. The zero-order chi connectivity index (χ0) is 26.3. The Morgan fingerprint density at radius 3 is 2.08 bits per heavy atom. The average Bonchev–Trinajstić information content (AvgIpc) is 2.84. The van der Waals surface area contributed by atoms with Gasteiger partial charge in [-0.3, -0.25) is 9.59 Å². The highest BCUT2D eigenvalue weighted by molar-refractivity contribution is 6.31. The Morgan fingerprint density at radius 1 is 1.06 bits per heavy atom. The highest BCUT2D eigenvalue weighted by Crippen LogP contribution is 2.46. The number of carbonyl (C=O) groups excluding carboxylic acids is 2. The summed E-state index contributed by atoms with van der Waals surface area (Å²) in [6.45, 7) is 2.12. The number of fused-ring (bicyclic) bond motifs is 3. The van der Waals surface area contributed by atoms with E-state index in [1.165, 1.54) is 24.3 Å².